The molecule has 1 aromatic carbocycles. The van der Waals surface area contributed by atoms with Gasteiger partial charge in [0.05, 0.1) is 0 Å². The molecule has 1 fully saturated rings. The minimum absolute atomic E-state index is 0.378. The van der Waals surface area contributed by atoms with E-state index in [-0.39, 0.29) is 0 Å². The molecule has 146 valence electrons. The van der Waals surface area contributed by atoms with Gasteiger partial charge in [0.25, 0.3) is 0 Å². The first-order valence-corrected chi connectivity index (χ1v) is 10.0. The van der Waals surface area contributed by atoms with Crippen molar-refractivity contribution >= 4 is 23.2 Å². The zero-order valence-electron chi connectivity index (χ0n) is 16.1. The van der Waals surface area contributed by atoms with Crippen LogP contribution in [-0.2, 0) is 6.54 Å². The van der Waals surface area contributed by atoms with E-state index in [1.165, 1.54) is 5.69 Å². The smallest absolute Gasteiger partial charge is 0.191 e. The van der Waals surface area contributed by atoms with Crippen LogP contribution in [0.5, 0.6) is 0 Å². The van der Waals surface area contributed by atoms with E-state index >= 15 is 0 Å². The van der Waals surface area contributed by atoms with Crippen LogP contribution in [-0.4, -0.2) is 48.0 Å². The van der Waals surface area contributed by atoms with Gasteiger partial charge < -0.3 is 15.5 Å². The van der Waals surface area contributed by atoms with Crippen LogP contribution in [0.25, 0.3) is 0 Å². The molecule has 0 spiro atoms. The van der Waals surface area contributed by atoms with Gasteiger partial charge in [0.1, 0.15) is 0 Å². The van der Waals surface area contributed by atoms with Gasteiger partial charge in [0.15, 0.2) is 5.96 Å². The van der Waals surface area contributed by atoms with Crippen molar-refractivity contribution in [2.45, 2.75) is 32.9 Å². The largest absolute Gasteiger partial charge is 0.369 e. The van der Waals surface area contributed by atoms with Crippen LogP contribution in [0.15, 0.2) is 47.7 Å². The second-order valence-electron chi connectivity index (χ2n) is 7.11. The third kappa shape index (κ3) is 5.89. The van der Waals surface area contributed by atoms with E-state index in [9.17, 15) is 0 Å². The maximum absolute atomic E-state index is 6.13. The van der Waals surface area contributed by atoms with Crippen molar-refractivity contribution in [3.05, 3.63) is 47.7 Å². The quantitative estimate of drug-likeness (QED) is 0.565. The maximum atomic E-state index is 6.13. The molecule has 0 radical (unpaired) electrons. The SMILES string of the molecule is CCNC(=NCC(C)Cn1cccn1)NC1CCN(c2cccc(Cl)c2)C1. The molecule has 7 heteroatoms. The molecular formula is C20H29ClN6. The summed E-state index contributed by atoms with van der Waals surface area (Å²) in [6.45, 7) is 8.76. The van der Waals surface area contributed by atoms with Gasteiger partial charge in [0, 0.05) is 61.9 Å². The van der Waals surface area contributed by atoms with Gasteiger partial charge in [-0.2, -0.15) is 5.10 Å². The summed E-state index contributed by atoms with van der Waals surface area (Å²) in [7, 11) is 0. The average Bonchev–Trinajstić information content (AvgIpc) is 3.32. The fourth-order valence-corrected chi connectivity index (χ4v) is 3.52. The van der Waals surface area contributed by atoms with Crippen molar-refractivity contribution in [2.24, 2.45) is 10.9 Å². The van der Waals surface area contributed by atoms with Crippen LogP contribution in [0.3, 0.4) is 0 Å². The van der Waals surface area contributed by atoms with Crippen LogP contribution in [0.2, 0.25) is 5.02 Å². The Morgan fingerprint density at radius 3 is 3.04 bits per heavy atom. The zero-order chi connectivity index (χ0) is 19.1. The molecule has 1 aromatic heterocycles. The number of halogens is 1. The Labute approximate surface area is 166 Å². The van der Waals surface area contributed by atoms with Gasteiger partial charge in [-0.15, -0.1) is 0 Å². The van der Waals surface area contributed by atoms with Crippen LogP contribution in [0.1, 0.15) is 20.3 Å². The molecule has 0 amide bonds. The number of aliphatic imine (C=N–C) groups is 1. The van der Waals surface area contributed by atoms with Gasteiger partial charge in [-0.1, -0.05) is 24.6 Å². The van der Waals surface area contributed by atoms with Crippen molar-refractivity contribution in [1.82, 2.24) is 20.4 Å². The molecule has 2 heterocycles. The summed E-state index contributed by atoms with van der Waals surface area (Å²) >= 11 is 6.13. The number of guanidine groups is 1. The predicted molar refractivity (Wildman–Crippen MR) is 113 cm³/mol. The van der Waals surface area contributed by atoms with E-state index in [1.54, 1.807) is 0 Å². The Balaban J connectivity index is 1.53. The minimum Gasteiger partial charge on any atom is -0.369 e. The standard InChI is InChI=1S/C20H29ClN6/c1-3-22-20(23-13-16(2)14-27-10-5-9-24-27)25-18-8-11-26(15-18)19-7-4-6-17(21)12-19/h4-7,9-10,12,16,18H,3,8,11,13-15H2,1-2H3,(H2,22,23,25). The van der Waals surface area contributed by atoms with Crippen molar-refractivity contribution in [3.8, 4) is 0 Å². The molecule has 0 bridgehead atoms. The van der Waals surface area contributed by atoms with E-state index < -0.39 is 0 Å². The molecular weight excluding hydrogens is 360 g/mol. The number of benzene rings is 1. The lowest BCUT2D eigenvalue weighted by Crippen LogP contribution is -2.44. The lowest BCUT2D eigenvalue weighted by atomic mass is 10.2. The first kappa shape index (κ1) is 19.5. The van der Waals surface area contributed by atoms with Crippen LogP contribution < -0.4 is 15.5 Å². The van der Waals surface area contributed by atoms with E-state index in [0.717, 1.165) is 50.1 Å². The number of hydrogen-bond acceptors (Lipinski definition) is 3. The normalized spacial score (nSPS) is 18.6. The Bertz CT molecular complexity index is 730. The lowest BCUT2D eigenvalue weighted by molar-refractivity contribution is 0.457. The average molecular weight is 389 g/mol. The highest BCUT2D eigenvalue weighted by Crippen LogP contribution is 2.23. The van der Waals surface area contributed by atoms with Gasteiger partial charge in [-0.05, 0) is 43.5 Å². The highest BCUT2D eigenvalue weighted by molar-refractivity contribution is 6.30. The fraction of sp³-hybridized carbons (Fsp3) is 0.500. The summed E-state index contributed by atoms with van der Waals surface area (Å²) in [4.78, 5) is 7.15. The van der Waals surface area contributed by atoms with Crippen molar-refractivity contribution in [3.63, 3.8) is 0 Å². The number of nitrogens with zero attached hydrogens (tertiary/aromatic N) is 4. The Morgan fingerprint density at radius 1 is 1.41 bits per heavy atom. The van der Waals surface area contributed by atoms with E-state index in [0.29, 0.717) is 12.0 Å². The molecule has 2 aromatic rings. The minimum atomic E-state index is 0.378. The van der Waals surface area contributed by atoms with Crippen molar-refractivity contribution in [2.75, 3.05) is 31.1 Å². The Kier molecular flexibility index (Phi) is 6.98. The van der Waals surface area contributed by atoms with Crippen molar-refractivity contribution < 1.29 is 0 Å². The Morgan fingerprint density at radius 2 is 2.30 bits per heavy atom. The molecule has 2 unspecified atom stereocenters. The first-order valence-electron chi connectivity index (χ1n) is 9.67. The predicted octanol–water partition coefficient (Wildman–Crippen LogP) is 3.01. The molecule has 2 atom stereocenters. The lowest BCUT2D eigenvalue weighted by Gasteiger charge is -2.21. The summed E-state index contributed by atoms with van der Waals surface area (Å²) in [5, 5.41) is 12.0. The van der Waals surface area contributed by atoms with Crippen LogP contribution >= 0.6 is 11.6 Å². The number of rotatable bonds is 7. The fourth-order valence-electron chi connectivity index (χ4n) is 3.33. The molecule has 2 N–H and O–H groups in total. The highest BCUT2D eigenvalue weighted by atomic mass is 35.5. The highest BCUT2D eigenvalue weighted by Gasteiger charge is 2.23. The molecule has 0 saturated carbocycles. The monoisotopic (exact) mass is 388 g/mol. The van der Waals surface area contributed by atoms with Crippen LogP contribution in [0.4, 0.5) is 5.69 Å². The van der Waals surface area contributed by atoms with Gasteiger partial charge in [-0.3, -0.25) is 9.67 Å². The van der Waals surface area contributed by atoms with Gasteiger partial charge in [0.2, 0.25) is 0 Å². The van der Waals surface area contributed by atoms with E-state index in [4.69, 9.17) is 16.6 Å². The summed E-state index contributed by atoms with van der Waals surface area (Å²) in [6.07, 6.45) is 4.89. The molecule has 1 aliphatic rings. The summed E-state index contributed by atoms with van der Waals surface area (Å²) < 4.78 is 1.96. The molecule has 0 aliphatic carbocycles. The molecule has 27 heavy (non-hydrogen) atoms. The summed E-state index contributed by atoms with van der Waals surface area (Å²) in [5.74, 6) is 1.31. The molecule has 1 aliphatic heterocycles. The third-order valence-electron chi connectivity index (χ3n) is 4.67. The van der Waals surface area contributed by atoms with Gasteiger partial charge in [-0.25, -0.2) is 0 Å². The second-order valence-corrected chi connectivity index (χ2v) is 7.55. The molecule has 1 saturated heterocycles. The first-order chi connectivity index (χ1) is 13.1. The topological polar surface area (TPSA) is 57.5 Å². The van der Waals surface area contributed by atoms with Crippen molar-refractivity contribution in [1.29, 1.82) is 0 Å². The van der Waals surface area contributed by atoms with E-state index in [1.807, 2.05) is 41.3 Å². The number of anilines is 1. The number of hydrogen-bond donors (Lipinski definition) is 2. The maximum Gasteiger partial charge on any atom is 0.191 e. The van der Waals surface area contributed by atoms with Gasteiger partial charge >= 0.3 is 0 Å². The Hall–Kier alpha value is -2.21. The summed E-state index contributed by atoms with van der Waals surface area (Å²) in [5.41, 5.74) is 1.18. The number of nitrogens with one attached hydrogen (secondary N) is 2. The molecule has 3 rings (SSSR count). The van der Waals surface area contributed by atoms with Crippen LogP contribution in [0, 0.1) is 5.92 Å². The third-order valence-corrected chi connectivity index (χ3v) is 4.90. The second kappa shape index (κ2) is 9.65. The molecule has 6 nitrogen and oxygen atoms in total. The number of aromatic nitrogens is 2. The zero-order valence-corrected chi connectivity index (χ0v) is 16.9. The van der Waals surface area contributed by atoms with E-state index in [2.05, 4.69) is 40.5 Å². The summed E-state index contributed by atoms with van der Waals surface area (Å²) in [6, 6.07) is 10.4.